The van der Waals surface area contributed by atoms with Gasteiger partial charge in [0.05, 0.1) is 12.6 Å². The Kier molecular flexibility index (Phi) is 5.60. The van der Waals surface area contributed by atoms with Crippen molar-refractivity contribution in [2.45, 2.75) is 51.0 Å². The lowest BCUT2D eigenvalue weighted by atomic mass is 9.69. The molecule has 0 bridgehead atoms. The minimum Gasteiger partial charge on any atom is -0.379 e. The van der Waals surface area contributed by atoms with E-state index in [1.807, 2.05) is 0 Å². The Morgan fingerprint density at radius 1 is 1.15 bits per heavy atom. The summed E-state index contributed by atoms with van der Waals surface area (Å²) in [6.07, 6.45) is 7.76. The summed E-state index contributed by atoms with van der Waals surface area (Å²) < 4.78 is 5.73. The number of benzene rings is 1. The van der Waals surface area contributed by atoms with Crippen LogP contribution < -0.4 is 5.32 Å². The standard InChI is InChI=1S/C22H32N2O2/c25-21(16-19-6-7-19)23-20-17-26-15-11-22(20)9-13-24(14-10-22)12-8-18-4-2-1-3-5-18/h1-5,19-20H,6-17H2,(H,23,25). The fourth-order valence-electron chi connectivity index (χ4n) is 4.61. The number of hydrogen-bond acceptors (Lipinski definition) is 3. The van der Waals surface area contributed by atoms with Crippen LogP contribution >= 0.6 is 0 Å². The molecule has 1 aromatic rings. The van der Waals surface area contributed by atoms with Crippen molar-refractivity contribution in [2.75, 3.05) is 32.8 Å². The summed E-state index contributed by atoms with van der Waals surface area (Å²) in [5.41, 5.74) is 1.67. The van der Waals surface area contributed by atoms with E-state index >= 15 is 0 Å². The Balaban J connectivity index is 1.29. The van der Waals surface area contributed by atoms with Crippen LogP contribution in [0.5, 0.6) is 0 Å². The topological polar surface area (TPSA) is 41.6 Å². The molecule has 0 aromatic heterocycles. The SMILES string of the molecule is O=C(CC1CC1)NC1COCCC12CCN(CCc1ccccc1)CC2. The van der Waals surface area contributed by atoms with Gasteiger partial charge in [0.15, 0.2) is 0 Å². The van der Waals surface area contributed by atoms with Gasteiger partial charge in [-0.05, 0) is 68.5 Å². The van der Waals surface area contributed by atoms with Crippen molar-refractivity contribution in [3.05, 3.63) is 35.9 Å². The van der Waals surface area contributed by atoms with E-state index < -0.39 is 0 Å². The van der Waals surface area contributed by atoms with E-state index in [9.17, 15) is 4.79 Å². The maximum Gasteiger partial charge on any atom is 0.220 e. The zero-order valence-corrected chi connectivity index (χ0v) is 15.8. The Bertz CT molecular complexity index is 591. The number of rotatable bonds is 6. The van der Waals surface area contributed by atoms with Crippen LogP contribution in [0.4, 0.5) is 0 Å². The number of carbonyl (C=O) groups excluding carboxylic acids is 1. The molecule has 3 aliphatic rings. The van der Waals surface area contributed by atoms with Gasteiger partial charge in [0.1, 0.15) is 0 Å². The fraction of sp³-hybridized carbons (Fsp3) is 0.682. The van der Waals surface area contributed by atoms with Crippen LogP contribution in [0, 0.1) is 11.3 Å². The van der Waals surface area contributed by atoms with Crippen molar-refractivity contribution in [3.8, 4) is 0 Å². The van der Waals surface area contributed by atoms with Crippen LogP contribution in [0.2, 0.25) is 0 Å². The number of nitrogens with one attached hydrogen (secondary N) is 1. The molecule has 2 aliphatic heterocycles. The minimum atomic E-state index is 0.207. The van der Waals surface area contributed by atoms with Gasteiger partial charge >= 0.3 is 0 Å². The van der Waals surface area contributed by atoms with E-state index in [4.69, 9.17) is 4.74 Å². The van der Waals surface area contributed by atoms with Crippen molar-refractivity contribution in [2.24, 2.45) is 11.3 Å². The molecule has 2 saturated heterocycles. The van der Waals surface area contributed by atoms with Crippen LogP contribution in [0.15, 0.2) is 30.3 Å². The van der Waals surface area contributed by atoms with Crippen molar-refractivity contribution >= 4 is 5.91 Å². The highest BCUT2D eigenvalue weighted by Gasteiger charge is 2.44. The summed E-state index contributed by atoms with van der Waals surface area (Å²) in [7, 11) is 0. The van der Waals surface area contributed by atoms with Gasteiger partial charge in [-0.25, -0.2) is 0 Å². The molecule has 142 valence electrons. The van der Waals surface area contributed by atoms with E-state index in [0.29, 0.717) is 12.5 Å². The molecule has 0 radical (unpaired) electrons. The van der Waals surface area contributed by atoms with Crippen LogP contribution in [0.25, 0.3) is 0 Å². The molecule has 1 atom stereocenters. The van der Waals surface area contributed by atoms with Gasteiger partial charge < -0.3 is 15.0 Å². The molecule has 4 nitrogen and oxygen atoms in total. The first kappa shape index (κ1) is 18.0. The highest BCUT2D eigenvalue weighted by molar-refractivity contribution is 5.77. The molecule has 4 rings (SSSR count). The molecule has 1 spiro atoms. The van der Waals surface area contributed by atoms with Gasteiger partial charge in [0.25, 0.3) is 0 Å². The zero-order valence-electron chi connectivity index (χ0n) is 15.8. The van der Waals surface area contributed by atoms with Crippen LogP contribution in [0.1, 0.15) is 44.1 Å². The second-order valence-corrected chi connectivity index (χ2v) is 8.53. The smallest absolute Gasteiger partial charge is 0.220 e. The van der Waals surface area contributed by atoms with Crippen molar-refractivity contribution in [1.82, 2.24) is 10.2 Å². The summed E-state index contributed by atoms with van der Waals surface area (Å²) in [5, 5.41) is 3.34. The highest BCUT2D eigenvalue weighted by atomic mass is 16.5. The molecule has 1 aromatic carbocycles. The van der Waals surface area contributed by atoms with Gasteiger partial charge in [-0.1, -0.05) is 30.3 Å². The predicted molar refractivity (Wildman–Crippen MR) is 103 cm³/mol. The lowest BCUT2D eigenvalue weighted by molar-refractivity contribution is -0.127. The average Bonchev–Trinajstić information content (AvgIpc) is 3.48. The Labute approximate surface area is 157 Å². The number of nitrogens with zero attached hydrogens (tertiary/aromatic N) is 1. The van der Waals surface area contributed by atoms with E-state index in [1.54, 1.807) is 0 Å². The van der Waals surface area contributed by atoms with E-state index in [1.165, 1.54) is 31.2 Å². The lowest BCUT2D eigenvalue weighted by Gasteiger charge is -2.49. The van der Waals surface area contributed by atoms with Gasteiger partial charge in [-0.15, -0.1) is 0 Å². The summed E-state index contributed by atoms with van der Waals surface area (Å²) >= 11 is 0. The second kappa shape index (κ2) is 8.10. The molecule has 1 amide bonds. The normalized spacial score (nSPS) is 25.9. The fourth-order valence-corrected chi connectivity index (χ4v) is 4.61. The van der Waals surface area contributed by atoms with Gasteiger partial charge in [0.2, 0.25) is 5.91 Å². The highest BCUT2D eigenvalue weighted by Crippen LogP contribution is 2.41. The van der Waals surface area contributed by atoms with Gasteiger partial charge in [0, 0.05) is 19.6 Å². The predicted octanol–water partition coefficient (Wildman–Crippen LogP) is 3.02. The third-order valence-corrected chi connectivity index (χ3v) is 6.69. The third kappa shape index (κ3) is 4.47. The molecular formula is C22H32N2O2. The maximum absolute atomic E-state index is 12.3. The largest absolute Gasteiger partial charge is 0.379 e. The van der Waals surface area contributed by atoms with Crippen LogP contribution in [-0.4, -0.2) is 49.7 Å². The monoisotopic (exact) mass is 356 g/mol. The van der Waals surface area contributed by atoms with Crippen molar-refractivity contribution < 1.29 is 9.53 Å². The molecule has 1 unspecified atom stereocenters. The molecule has 3 fully saturated rings. The first-order valence-corrected chi connectivity index (χ1v) is 10.4. The van der Waals surface area contributed by atoms with E-state index in [-0.39, 0.29) is 17.4 Å². The minimum absolute atomic E-state index is 0.207. The zero-order chi connectivity index (χ0) is 17.8. The van der Waals surface area contributed by atoms with Crippen molar-refractivity contribution in [1.29, 1.82) is 0 Å². The number of amides is 1. The molecule has 26 heavy (non-hydrogen) atoms. The Morgan fingerprint density at radius 3 is 2.65 bits per heavy atom. The Morgan fingerprint density at radius 2 is 1.92 bits per heavy atom. The number of likely N-dealkylation sites (tertiary alicyclic amines) is 1. The summed E-state index contributed by atoms with van der Waals surface area (Å²) in [6, 6.07) is 11.0. The second-order valence-electron chi connectivity index (χ2n) is 8.53. The van der Waals surface area contributed by atoms with E-state index in [2.05, 4.69) is 40.5 Å². The number of carbonyl (C=O) groups is 1. The quantitative estimate of drug-likeness (QED) is 0.852. The number of hydrogen-bond donors (Lipinski definition) is 1. The molecule has 4 heteroatoms. The summed E-state index contributed by atoms with van der Waals surface area (Å²) in [6.45, 7) is 4.96. The first-order chi connectivity index (χ1) is 12.7. The van der Waals surface area contributed by atoms with Crippen LogP contribution in [-0.2, 0) is 16.0 Å². The molecule has 1 saturated carbocycles. The number of piperidine rings is 1. The Hall–Kier alpha value is -1.39. The summed E-state index contributed by atoms with van der Waals surface area (Å²) in [5.74, 6) is 0.893. The number of ether oxygens (including phenoxy) is 1. The average molecular weight is 357 g/mol. The molecular weight excluding hydrogens is 324 g/mol. The third-order valence-electron chi connectivity index (χ3n) is 6.69. The van der Waals surface area contributed by atoms with E-state index in [0.717, 1.165) is 45.5 Å². The summed E-state index contributed by atoms with van der Waals surface area (Å²) in [4.78, 5) is 14.9. The maximum atomic E-state index is 12.3. The lowest BCUT2D eigenvalue weighted by Crippen LogP contribution is -2.57. The van der Waals surface area contributed by atoms with Gasteiger partial charge in [-0.3, -0.25) is 4.79 Å². The molecule has 1 N–H and O–H groups in total. The first-order valence-electron chi connectivity index (χ1n) is 10.4. The van der Waals surface area contributed by atoms with Gasteiger partial charge in [-0.2, -0.15) is 0 Å². The molecule has 1 aliphatic carbocycles. The van der Waals surface area contributed by atoms with Crippen molar-refractivity contribution in [3.63, 3.8) is 0 Å². The van der Waals surface area contributed by atoms with Crippen LogP contribution in [0.3, 0.4) is 0 Å². The molecule has 2 heterocycles.